The van der Waals surface area contributed by atoms with Crippen molar-refractivity contribution in [3.05, 3.63) is 155 Å². The van der Waals surface area contributed by atoms with Crippen molar-refractivity contribution in [3.8, 4) is 0 Å². The normalized spacial score (nSPS) is 11.2. The van der Waals surface area contributed by atoms with Gasteiger partial charge in [-0.05, 0) is 0 Å². The molecule has 0 heterocycles. The molecule has 0 unspecified atom stereocenters. The number of rotatable bonds is 10. The fourth-order valence-electron chi connectivity index (χ4n) is 4.65. The summed E-state index contributed by atoms with van der Waals surface area (Å²) < 4.78 is 15.4. The van der Waals surface area contributed by atoms with E-state index in [0.29, 0.717) is 0 Å². The summed E-state index contributed by atoms with van der Waals surface area (Å²) in [6.45, 7) is 11.0. The number of aryl methyl sites for hydroxylation is 5. The molecule has 0 N–H and O–H groups in total. The van der Waals surface area contributed by atoms with Crippen LogP contribution in [0.5, 0.6) is 0 Å². The van der Waals surface area contributed by atoms with Gasteiger partial charge in [0.2, 0.25) is 0 Å². The first kappa shape index (κ1) is 33.8. The summed E-state index contributed by atoms with van der Waals surface area (Å²) in [6, 6.07) is 49.2. The fraction of sp³-hybridized carbons (Fsp3) is 0.122. The Balaban J connectivity index is 1.59. The van der Waals surface area contributed by atoms with E-state index >= 15 is 0 Å². The molecule has 0 aliphatic heterocycles. The van der Waals surface area contributed by atoms with Crippen LogP contribution in [-0.2, 0) is 0 Å². The van der Waals surface area contributed by atoms with Gasteiger partial charge in [-0.3, -0.25) is 0 Å². The van der Waals surface area contributed by atoms with Gasteiger partial charge in [-0.1, -0.05) is 0 Å². The molecule has 0 spiro atoms. The van der Waals surface area contributed by atoms with Gasteiger partial charge in [0.1, 0.15) is 0 Å². The molecule has 0 radical (unpaired) electrons. The molecule has 0 atom stereocenters. The monoisotopic (exact) mass is 928 g/mol. The van der Waals surface area contributed by atoms with E-state index in [9.17, 15) is 0 Å². The molecule has 6 rings (SSSR count). The van der Waals surface area contributed by atoms with Crippen molar-refractivity contribution >= 4 is 119 Å². The van der Waals surface area contributed by atoms with Crippen molar-refractivity contribution in [2.45, 2.75) is 34.6 Å². The summed E-state index contributed by atoms with van der Waals surface area (Å²) >= 11 is 1.08. The van der Waals surface area contributed by atoms with Gasteiger partial charge in [0.05, 0.1) is 0 Å². The first-order valence-corrected chi connectivity index (χ1v) is 23.8. The molecule has 5 heteroatoms. The SMILES string of the molecule is Cc1ccc([Se]c2cc([Se]c3ccc(C)cc3)c([Se]c3ccc(C)cc3)c([Se]c3ccc(C)cc3)c2[Se]c2ccc(C)cc2)cc1. The predicted molar refractivity (Wildman–Crippen MR) is 207 cm³/mol. The maximum atomic E-state index is 2.66. The third-order valence-corrected chi connectivity index (χ3v) is 21.5. The molecular formula is C41H36Se5. The third-order valence-electron chi connectivity index (χ3n) is 7.34. The minimum absolute atomic E-state index is 0.203. The Kier molecular flexibility index (Phi) is 11.7. The van der Waals surface area contributed by atoms with E-state index in [1.165, 1.54) is 50.1 Å². The average molecular weight is 924 g/mol. The Morgan fingerprint density at radius 1 is 0.261 bits per heavy atom. The first-order chi connectivity index (χ1) is 22.3. The Hall–Kier alpha value is -2.08. The van der Waals surface area contributed by atoms with Crippen LogP contribution in [0, 0.1) is 34.6 Å². The molecule has 6 aromatic rings. The molecule has 0 aromatic heterocycles. The average Bonchev–Trinajstić information content (AvgIpc) is 3.05. The third kappa shape index (κ3) is 9.08. The van der Waals surface area contributed by atoms with E-state index in [0.717, 1.165) is 0 Å². The van der Waals surface area contributed by atoms with Crippen molar-refractivity contribution in [2.24, 2.45) is 0 Å². The van der Waals surface area contributed by atoms with Crippen LogP contribution in [0.2, 0.25) is 0 Å². The molecule has 230 valence electrons. The van der Waals surface area contributed by atoms with Crippen LogP contribution < -0.4 is 44.6 Å². The van der Waals surface area contributed by atoms with Crippen LogP contribution in [0.4, 0.5) is 0 Å². The van der Waals surface area contributed by atoms with Crippen molar-refractivity contribution in [1.82, 2.24) is 0 Å². The van der Waals surface area contributed by atoms with Gasteiger partial charge < -0.3 is 0 Å². The van der Waals surface area contributed by atoms with E-state index in [1.807, 2.05) is 0 Å². The van der Waals surface area contributed by atoms with Crippen LogP contribution in [0.25, 0.3) is 0 Å². The number of benzene rings is 6. The van der Waals surface area contributed by atoms with Gasteiger partial charge in [0.25, 0.3) is 0 Å². The Labute approximate surface area is 306 Å². The minimum atomic E-state index is 0.203. The van der Waals surface area contributed by atoms with Crippen molar-refractivity contribution in [3.63, 3.8) is 0 Å². The molecule has 0 aliphatic rings. The van der Waals surface area contributed by atoms with Gasteiger partial charge >= 0.3 is 309 Å². The second kappa shape index (κ2) is 15.9. The van der Waals surface area contributed by atoms with Gasteiger partial charge in [-0.15, -0.1) is 0 Å². The second-order valence-corrected chi connectivity index (χ2v) is 22.9. The molecule has 0 bridgehead atoms. The summed E-state index contributed by atoms with van der Waals surface area (Å²) in [5, 5.41) is 0. The zero-order chi connectivity index (χ0) is 32.0. The maximum absolute atomic E-state index is 2.66. The summed E-state index contributed by atoms with van der Waals surface area (Å²) in [6.07, 6.45) is 0. The summed E-state index contributed by atoms with van der Waals surface area (Å²) in [5.41, 5.74) is 6.63. The summed E-state index contributed by atoms with van der Waals surface area (Å²) in [7, 11) is 0. The topological polar surface area (TPSA) is 0 Å². The van der Waals surface area contributed by atoms with Crippen LogP contribution in [0.15, 0.2) is 127 Å². The molecule has 6 aromatic carbocycles. The molecule has 0 saturated carbocycles. The standard InChI is InChI=1S/C41H36Se5/c1-27-6-16-32(17-7-27)42-37-26-38(43-33-18-8-28(2)9-19-33)40(45-35-22-12-30(4)13-23-35)41(46-36-24-14-31(5)15-25-36)39(37)44-34-20-10-29(3)11-21-34/h6-26H,1-5H3. The Morgan fingerprint density at radius 2 is 0.478 bits per heavy atom. The van der Waals surface area contributed by atoms with Crippen LogP contribution in [-0.4, -0.2) is 74.8 Å². The summed E-state index contributed by atoms with van der Waals surface area (Å²) in [4.78, 5) is 0. The number of hydrogen-bond donors (Lipinski definition) is 0. The van der Waals surface area contributed by atoms with Gasteiger partial charge in [-0.25, -0.2) is 0 Å². The van der Waals surface area contributed by atoms with E-state index in [2.05, 4.69) is 162 Å². The molecule has 46 heavy (non-hydrogen) atoms. The molecule has 0 aliphatic carbocycles. The molecular weight excluding hydrogens is 887 g/mol. The van der Waals surface area contributed by atoms with Gasteiger partial charge in [-0.2, -0.15) is 0 Å². The van der Waals surface area contributed by atoms with E-state index in [4.69, 9.17) is 0 Å². The van der Waals surface area contributed by atoms with E-state index in [-0.39, 0.29) is 74.8 Å². The van der Waals surface area contributed by atoms with Crippen LogP contribution in [0.1, 0.15) is 27.8 Å². The van der Waals surface area contributed by atoms with Crippen LogP contribution >= 0.6 is 0 Å². The predicted octanol–water partition coefficient (Wildman–Crippen LogP) is 1.50. The van der Waals surface area contributed by atoms with Crippen LogP contribution in [0.3, 0.4) is 0 Å². The fourth-order valence-corrected chi connectivity index (χ4v) is 18.9. The quantitative estimate of drug-likeness (QED) is 0.183. The van der Waals surface area contributed by atoms with E-state index < -0.39 is 0 Å². The van der Waals surface area contributed by atoms with Crippen molar-refractivity contribution in [1.29, 1.82) is 0 Å². The molecule has 0 saturated heterocycles. The molecule has 0 nitrogen and oxygen atoms in total. The number of hydrogen-bond acceptors (Lipinski definition) is 0. The van der Waals surface area contributed by atoms with Gasteiger partial charge in [0, 0.05) is 0 Å². The Morgan fingerprint density at radius 3 is 0.739 bits per heavy atom. The molecule has 0 amide bonds. The van der Waals surface area contributed by atoms with Crippen molar-refractivity contribution < 1.29 is 0 Å². The second-order valence-electron chi connectivity index (χ2n) is 11.4. The molecule has 0 fully saturated rings. The zero-order valence-electron chi connectivity index (χ0n) is 26.7. The zero-order valence-corrected chi connectivity index (χ0v) is 35.2. The summed E-state index contributed by atoms with van der Waals surface area (Å²) in [5.74, 6) is 0. The van der Waals surface area contributed by atoms with E-state index in [1.54, 1.807) is 22.3 Å². The first-order valence-electron chi connectivity index (χ1n) is 15.2. The van der Waals surface area contributed by atoms with Gasteiger partial charge in [0.15, 0.2) is 0 Å². The van der Waals surface area contributed by atoms with Crippen molar-refractivity contribution in [2.75, 3.05) is 0 Å². The Bertz CT molecular complexity index is 1790.